The maximum absolute atomic E-state index is 11.3. The lowest BCUT2D eigenvalue weighted by molar-refractivity contribution is -0.139. The number of esters is 2. The van der Waals surface area contributed by atoms with E-state index in [4.69, 9.17) is 23.2 Å². The zero-order valence-corrected chi connectivity index (χ0v) is 10.6. The second-order valence-electron chi connectivity index (χ2n) is 2.99. The second-order valence-corrected chi connectivity index (χ2v) is 3.78. The van der Waals surface area contributed by atoms with Crippen LogP contribution in [-0.2, 0) is 20.7 Å². The smallest absolute Gasteiger partial charge is 0.358 e. The van der Waals surface area contributed by atoms with Crippen LogP contribution in [-0.4, -0.2) is 31.1 Å². The van der Waals surface area contributed by atoms with E-state index < -0.39 is 11.9 Å². The summed E-state index contributed by atoms with van der Waals surface area (Å²) >= 11 is 11.8. The predicted molar refractivity (Wildman–Crippen MR) is 61.3 cm³/mol. The monoisotopic (exact) mass is 277 g/mol. The first kappa shape index (κ1) is 13.7. The SMILES string of the molecule is COC(=O)Cc1c(Cl)cnc(C(=O)OC)c1Cl. The first-order chi connectivity index (χ1) is 8.01. The number of aromatic nitrogens is 1. The van der Waals surface area contributed by atoms with Gasteiger partial charge in [0.15, 0.2) is 5.69 Å². The van der Waals surface area contributed by atoms with Gasteiger partial charge in [0.05, 0.1) is 30.7 Å². The zero-order chi connectivity index (χ0) is 13.0. The van der Waals surface area contributed by atoms with Gasteiger partial charge in [-0.25, -0.2) is 9.78 Å². The number of ether oxygens (including phenoxy) is 2. The van der Waals surface area contributed by atoms with Crippen LogP contribution >= 0.6 is 23.2 Å². The average molecular weight is 278 g/mol. The van der Waals surface area contributed by atoms with Gasteiger partial charge in [-0.1, -0.05) is 23.2 Å². The first-order valence-electron chi connectivity index (χ1n) is 4.49. The third-order valence-electron chi connectivity index (χ3n) is 2.00. The van der Waals surface area contributed by atoms with Gasteiger partial charge in [0.25, 0.3) is 0 Å². The molecule has 0 spiro atoms. The van der Waals surface area contributed by atoms with Gasteiger partial charge in [0.1, 0.15) is 0 Å². The highest BCUT2D eigenvalue weighted by atomic mass is 35.5. The zero-order valence-electron chi connectivity index (χ0n) is 9.12. The van der Waals surface area contributed by atoms with E-state index >= 15 is 0 Å². The normalized spacial score (nSPS) is 9.88. The summed E-state index contributed by atoms with van der Waals surface area (Å²) < 4.78 is 9.00. The van der Waals surface area contributed by atoms with Crippen LogP contribution < -0.4 is 0 Å². The Morgan fingerprint density at radius 1 is 1.29 bits per heavy atom. The molecule has 0 N–H and O–H groups in total. The Balaban J connectivity index is 3.20. The van der Waals surface area contributed by atoms with Crippen molar-refractivity contribution < 1.29 is 19.1 Å². The highest BCUT2D eigenvalue weighted by molar-refractivity contribution is 6.37. The Hall–Kier alpha value is -1.33. The molecule has 0 aliphatic rings. The van der Waals surface area contributed by atoms with Gasteiger partial charge in [-0.2, -0.15) is 0 Å². The fourth-order valence-electron chi connectivity index (χ4n) is 1.12. The predicted octanol–water partition coefficient (Wildman–Crippen LogP) is 1.89. The third kappa shape index (κ3) is 3.08. The Kier molecular flexibility index (Phi) is 4.72. The first-order valence-corrected chi connectivity index (χ1v) is 5.24. The van der Waals surface area contributed by atoms with E-state index in [2.05, 4.69) is 14.5 Å². The molecule has 1 aromatic rings. The summed E-state index contributed by atoms with van der Waals surface area (Å²) in [4.78, 5) is 26.2. The number of methoxy groups -OCH3 is 2. The lowest BCUT2D eigenvalue weighted by atomic mass is 10.1. The van der Waals surface area contributed by atoms with Gasteiger partial charge in [-0.05, 0) is 0 Å². The standard InChI is InChI=1S/C10H9Cl2NO4/c1-16-7(14)3-5-6(11)4-13-9(8(5)12)10(15)17-2/h4H,3H2,1-2H3. The average Bonchev–Trinajstić information content (AvgIpc) is 2.33. The fraction of sp³-hybridized carbons (Fsp3) is 0.300. The summed E-state index contributed by atoms with van der Waals surface area (Å²) in [6.07, 6.45) is 1.10. The van der Waals surface area contributed by atoms with Crippen LogP contribution in [0.15, 0.2) is 6.20 Å². The topological polar surface area (TPSA) is 65.5 Å². The molecule has 0 bridgehead atoms. The minimum atomic E-state index is -0.696. The van der Waals surface area contributed by atoms with Crippen molar-refractivity contribution in [3.63, 3.8) is 0 Å². The largest absolute Gasteiger partial charge is 0.469 e. The van der Waals surface area contributed by atoms with Crippen molar-refractivity contribution in [2.24, 2.45) is 0 Å². The van der Waals surface area contributed by atoms with Gasteiger partial charge in [0.2, 0.25) is 0 Å². The van der Waals surface area contributed by atoms with Crippen molar-refractivity contribution in [2.45, 2.75) is 6.42 Å². The highest BCUT2D eigenvalue weighted by Gasteiger charge is 2.20. The van der Waals surface area contributed by atoms with Crippen LogP contribution in [0.25, 0.3) is 0 Å². The van der Waals surface area contributed by atoms with Crippen LogP contribution in [0.4, 0.5) is 0 Å². The van der Waals surface area contributed by atoms with Crippen LogP contribution in [0, 0.1) is 0 Å². The van der Waals surface area contributed by atoms with Gasteiger partial charge in [-0.15, -0.1) is 0 Å². The lowest BCUT2D eigenvalue weighted by Crippen LogP contribution is -2.10. The quantitative estimate of drug-likeness (QED) is 0.790. The Labute approximate surface area is 108 Å². The maximum atomic E-state index is 11.3. The van der Waals surface area contributed by atoms with Crippen LogP contribution in [0.2, 0.25) is 10.0 Å². The molecule has 0 unspecified atom stereocenters. The molecule has 0 saturated heterocycles. The molecule has 0 radical (unpaired) electrons. The summed E-state index contributed by atoms with van der Waals surface area (Å²) in [6, 6.07) is 0. The molecule has 17 heavy (non-hydrogen) atoms. The number of halogens is 2. The Bertz CT molecular complexity index is 462. The number of hydrogen-bond donors (Lipinski definition) is 0. The molecular formula is C10H9Cl2NO4. The number of rotatable bonds is 3. The van der Waals surface area contributed by atoms with Crippen LogP contribution in [0.3, 0.4) is 0 Å². The molecule has 1 rings (SSSR count). The van der Waals surface area contributed by atoms with Crippen LogP contribution in [0.5, 0.6) is 0 Å². The van der Waals surface area contributed by atoms with Gasteiger partial charge in [-0.3, -0.25) is 4.79 Å². The molecule has 0 saturated carbocycles. The second kappa shape index (κ2) is 5.84. The molecule has 0 aliphatic carbocycles. The van der Waals surface area contributed by atoms with E-state index in [9.17, 15) is 9.59 Å². The summed E-state index contributed by atoms with van der Waals surface area (Å²) in [5, 5.41) is 0.183. The van der Waals surface area contributed by atoms with Gasteiger partial charge < -0.3 is 9.47 Å². The number of hydrogen-bond acceptors (Lipinski definition) is 5. The molecule has 7 heteroatoms. The number of carbonyl (C=O) groups excluding carboxylic acids is 2. The Morgan fingerprint density at radius 3 is 2.47 bits per heavy atom. The van der Waals surface area contributed by atoms with E-state index in [1.165, 1.54) is 20.4 Å². The number of pyridine rings is 1. The van der Waals surface area contributed by atoms with Crippen molar-refractivity contribution in [3.05, 3.63) is 27.5 Å². The van der Waals surface area contributed by atoms with Crippen molar-refractivity contribution >= 4 is 35.1 Å². The van der Waals surface area contributed by atoms with E-state index in [0.29, 0.717) is 0 Å². The van der Waals surface area contributed by atoms with Crippen molar-refractivity contribution in [1.82, 2.24) is 4.98 Å². The van der Waals surface area contributed by atoms with Crippen molar-refractivity contribution in [1.29, 1.82) is 0 Å². The molecule has 0 aliphatic heterocycles. The molecule has 0 amide bonds. The summed E-state index contributed by atoms with van der Waals surface area (Å²) in [5.74, 6) is -1.21. The molecular weight excluding hydrogens is 269 g/mol. The van der Waals surface area contributed by atoms with Crippen LogP contribution in [0.1, 0.15) is 16.1 Å². The van der Waals surface area contributed by atoms with E-state index in [1.807, 2.05) is 0 Å². The van der Waals surface area contributed by atoms with Gasteiger partial charge >= 0.3 is 11.9 Å². The fourth-order valence-corrected chi connectivity index (χ4v) is 1.67. The summed E-state index contributed by atoms with van der Waals surface area (Å²) in [5.41, 5.74) is 0.202. The van der Waals surface area contributed by atoms with Crippen molar-refractivity contribution in [2.75, 3.05) is 14.2 Å². The minimum Gasteiger partial charge on any atom is -0.469 e. The molecule has 0 aromatic carbocycles. The minimum absolute atomic E-state index is 0.00486. The highest BCUT2D eigenvalue weighted by Crippen LogP contribution is 2.27. The number of carbonyl (C=O) groups is 2. The Morgan fingerprint density at radius 2 is 1.94 bits per heavy atom. The summed E-state index contributed by atoms with van der Waals surface area (Å²) in [6.45, 7) is 0. The maximum Gasteiger partial charge on any atom is 0.358 e. The molecule has 1 heterocycles. The molecule has 1 aromatic heterocycles. The molecule has 5 nitrogen and oxygen atoms in total. The third-order valence-corrected chi connectivity index (χ3v) is 2.73. The van der Waals surface area contributed by atoms with Gasteiger partial charge in [0, 0.05) is 11.8 Å². The van der Waals surface area contributed by atoms with Crippen molar-refractivity contribution in [3.8, 4) is 0 Å². The molecule has 0 fully saturated rings. The number of nitrogens with zero attached hydrogens (tertiary/aromatic N) is 1. The lowest BCUT2D eigenvalue weighted by Gasteiger charge is -2.08. The van der Waals surface area contributed by atoms with E-state index in [1.54, 1.807) is 0 Å². The molecule has 0 atom stereocenters. The summed E-state index contributed by atoms with van der Waals surface area (Å²) in [7, 11) is 2.45. The van der Waals surface area contributed by atoms with E-state index in [0.717, 1.165) is 0 Å². The molecule has 92 valence electrons. The van der Waals surface area contributed by atoms with E-state index in [-0.39, 0.29) is 27.7 Å².